The van der Waals surface area contributed by atoms with E-state index in [0.717, 1.165) is 35.8 Å². The van der Waals surface area contributed by atoms with Crippen molar-refractivity contribution in [3.63, 3.8) is 0 Å². The fourth-order valence-corrected chi connectivity index (χ4v) is 3.53. The third-order valence-corrected chi connectivity index (χ3v) is 4.41. The normalized spacial score (nSPS) is 15.8. The topological polar surface area (TPSA) is 60.2 Å². The minimum atomic E-state index is 0.0415. The van der Waals surface area contributed by atoms with Crippen molar-refractivity contribution < 1.29 is 4.74 Å². The molecule has 21 heavy (non-hydrogen) atoms. The van der Waals surface area contributed by atoms with Gasteiger partial charge in [0.1, 0.15) is 5.75 Å². The van der Waals surface area contributed by atoms with Crippen molar-refractivity contribution in [1.82, 2.24) is 4.98 Å². The summed E-state index contributed by atoms with van der Waals surface area (Å²) in [5.74, 6) is 7.09. The summed E-state index contributed by atoms with van der Waals surface area (Å²) in [6.45, 7) is 4.59. The van der Waals surface area contributed by atoms with E-state index in [9.17, 15) is 0 Å². The summed E-state index contributed by atoms with van der Waals surface area (Å²) in [5.41, 5.74) is 8.17. The van der Waals surface area contributed by atoms with Crippen LogP contribution in [0.3, 0.4) is 0 Å². The zero-order valence-corrected chi connectivity index (χ0v) is 13.1. The summed E-state index contributed by atoms with van der Waals surface area (Å²) in [4.78, 5) is 4.73. The minimum absolute atomic E-state index is 0.0415. The number of anilines is 1. The average Bonchev–Trinajstić information content (AvgIpc) is 3.02. The van der Waals surface area contributed by atoms with Crippen molar-refractivity contribution in [1.29, 1.82) is 0 Å². The zero-order chi connectivity index (χ0) is 14.8. The van der Waals surface area contributed by atoms with Crippen LogP contribution in [0.25, 0.3) is 10.2 Å². The van der Waals surface area contributed by atoms with Crippen LogP contribution in [0.5, 0.6) is 5.75 Å². The van der Waals surface area contributed by atoms with Gasteiger partial charge in [0, 0.05) is 18.0 Å². The lowest BCUT2D eigenvalue weighted by atomic mass is 10.1. The predicted molar refractivity (Wildman–Crippen MR) is 87.9 cm³/mol. The van der Waals surface area contributed by atoms with E-state index < -0.39 is 0 Å². The van der Waals surface area contributed by atoms with E-state index in [1.807, 2.05) is 19.9 Å². The molecule has 4 nitrogen and oxygen atoms in total. The molecule has 1 unspecified atom stereocenters. The standard InChI is InChI=1S/C16H19N3OS/c1-3-4-11(9-10(2)17)18-16-19-15-12-7-8-20-13(12)5-6-14(15)21-16/h5-6,10-11H,7-9,17H2,1-2H3,(H,18,19)/t10-,11?/m1/s1. The lowest BCUT2D eigenvalue weighted by Gasteiger charge is -2.14. The number of nitrogens with two attached hydrogens (primary N) is 1. The number of fused-ring (bicyclic) bond motifs is 3. The number of ether oxygens (including phenoxy) is 1. The molecule has 0 amide bonds. The molecule has 0 fully saturated rings. The largest absolute Gasteiger partial charge is 0.493 e. The second-order valence-corrected chi connectivity index (χ2v) is 6.34. The summed E-state index contributed by atoms with van der Waals surface area (Å²) in [6.07, 6.45) is 1.74. The molecule has 2 atom stereocenters. The molecule has 110 valence electrons. The van der Waals surface area contributed by atoms with Crippen LogP contribution >= 0.6 is 11.3 Å². The summed E-state index contributed by atoms with van der Waals surface area (Å²) >= 11 is 1.66. The number of hydrogen-bond acceptors (Lipinski definition) is 5. The van der Waals surface area contributed by atoms with Gasteiger partial charge < -0.3 is 15.8 Å². The van der Waals surface area contributed by atoms with Gasteiger partial charge >= 0.3 is 0 Å². The van der Waals surface area contributed by atoms with Crippen LogP contribution in [0.15, 0.2) is 12.1 Å². The molecule has 0 aliphatic carbocycles. The Balaban J connectivity index is 1.88. The van der Waals surface area contributed by atoms with Gasteiger partial charge in [-0.25, -0.2) is 4.98 Å². The molecular weight excluding hydrogens is 282 g/mol. The van der Waals surface area contributed by atoms with E-state index >= 15 is 0 Å². The number of nitrogens with zero attached hydrogens (tertiary/aromatic N) is 1. The van der Waals surface area contributed by atoms with Crippen LogP contribution in [-0.4, -0.2) is 23.7 Å². The molecule has 0 spiro atoms. The smallest absolute Gasteiger partial charge is 0.184 e. The lowest BCUT2D eigenvalue weighted by Crippen LogP contribution is -2.27. The second kappa shape index (κ2) is 5.92. The van der Waals surface area contributed by atoms with Crippen LogP contribution in [0.4, 0.5) is 5.13 Å². The Labute approximate surface area is 128 Å². The van der Waals surface area contributed by atoms with E-state index in [1.54, 1.807) is 11.3 Å². The molecule has 5 heteroatoms. The van der Waals surface area contributed by atoms with E-state index in [4.69, 9.17) is 15.5 Å². The van der Waals surface area contributed by atoms with Crippen molar-refractivity contribution in [2.24, 2.45) is 5.73 Å². The predicted octanol–water partition coefficient (Wildman–Crippen LogP) is 2.77. The summed E-state index contributed by atoms with van der Waals surface area (Å²) in [7, 11) is 0. The number of nitrogens with one attached hydrogen (secondary N) is 1. The highest BCUT2D eigenvalue weighted by atomic mass is 32.1. The fourth-order valence-electron chi connectivity index (χ4n) is 2.58. The number of rotatable bonds is 4. The zero-order valence-electron chi connectivity index (χ0n) is 12.3. The van der Waals surface area contributed by atoms with Crippen molar-refractivity contribution in [3.8, 4) is 17.6 Å². The molecule has 0 radical (unpaired) electrons. The van der Waals surface area contributed by atoms with Gasteiger partial charge in [0.25, 0.3) is 0 Å². The van der Waals surface area contributed by atoms with E-state index in [-0.39, 0.29) is 12.1 Å². The van der Waals surface area contributed by atoms with E-state index in [2.05, 4.69) is 23.2 Å². The van der Waals surface area contributed by atoms with Crippen LogP contribution in [0, 0.1) is 11.8 Å². The first kappa shape index (κ1) is 14.2. The molecule has 2 heterocycles. The Hall–Kier alpha value is -1.77. The van der Waals surface area contributed by atoms with Crippen molar-refractivity contribution >= 4 is 26.7 Å². The maximum absolute atomic E-state index is 5.88. The van der Waals surface area contributed by atoms with Gasteiger partial charge in [-0.3, -0.25) is 0 Å². The van der Waals surface area contributed by atoms with Gasteiger partial charge in [0.15, 0.2) is 5.13 Å². The molecule has 3 N–H and O–H groups in total. The molecule has 3 rings (SSSR count). The molecule has 2 aromatic rings. The number of thiazole rings is 1. The quantitative estimate of drug-likeness (QED) is 0.853. The first-order valence-electron chi connectivity index (χ1n) is 7.17. The number of benzene rings is 1. The SMILES string of the molecule is CC#CC(C[C@@H](C)N)Nc1nc2c3c(ccc2s1)OCC3. The van der Waals surface area contributed by atoms with Crippen LogP contribution in [-0.2, 0) is 6.42 Å². The molecule has 0 saturated carbocycles. The van der Waals surface area contributed by atoms with Gasteiger partial charge in [-0.1, -0.05) is 17.3 Å². The lowest BCUT2D eigenvalue weighted by molar-refractivity contribution is 0.357. The van der Waals surface area contributed by atoms with Gasteiger partial charge in [0.2, 0.25) is 0 Å². The Morgan fingerprint density at radius 1 is 1.52 bits per heavy atom. The summed E-state index contributed by atoms with van der Waals surface area (Å²) in [5, 5.41) is 4.31. The fraction of sp³-hybridized carbons (Fsp3) is 0.438. The van der Waals surface area contributed by atoms with Gasteiger partial charge in [-0.15, -0.1) is 5.92 Å². The molecule has 1 aromatic heterocycles. The van der Waals surface area contributed by atoms with Crippen molar-refractivity contribution in [2.75, 3.05) is 11.9 Å². The van der Waals surface area contributed by atoms with Crippen LogP contribution < -0.4 is 15.8 Å². The summed E-state index contributed by atoms with van der Waals surface area (Å²) < 4.78 is 6.78. The van der Waals surface area contributed by atoms with Crippen molar-refractivity contribution in [3.05, 3.63) is 17.7 Å². The average molecular weight is 301 g/mol. The highest BCUT2D eigenvalue weighted by Crippen LogP contribution is 2.36. The first-order valence-corrected chi connectivity index (χ1v) is 7.98. The highest BCUT2D eigenvalue weighted by Gasteiger charge is 2.19. The number of aromatic nitrogens is 1. The molecule has 1 aromatic carbocycles. The van der Waals surface area contributed by atoms with E-state index in [1.165, 1.54) is 10.3 Å². The Kier molecular flexibility index (Phi) is 4.00. The van der Waals surface area contributed by atoms with Crippen LogP contribution in [0.2, 0.25) is 0 Å². The second-order valence-electron chi connectivity index (χ2n) is 5.31. The molecule has 0 saturated heterocycles. The number of hydrogen-bond donors (Lipinski definition) is 2. The Morgan fingerprint density at radius 2 is 2.38 bits per heavy atom. The maximum Gasteiger partial charge on any atom is 0.184 e. The van der Waals surface area contributed by atoms with Crippen molar-refractivity contribution in [2.45, 2.75) is 38.8 Å². The minimum Gasteiger partial charge on any atom is -0.493 e. The highest BCUT2D eigenvalue weighted by molar-refractivity contribution is 7.22. The Bertz CT molecular complexity index is 711. The van der Waals surface area contributed by atoms with E-state index in [0.29, 0.717) is 0 Å². The molecular formula is C16H19N3OS. The Morgan fingerprint density at radius 3 is 3.14 bits per heavy atom. The monoisotopic (exact) mass is 301 g/mol. The third kappa shape index (κ3) is 2.97. The third-order valence-electron chi connectivity index (χ3n) is 3.46. The van der Waals surface area contributed by atoms with Gasteiger partial charge in [-0.2, -0.15) is 0 Å². The first-order chi connectivity index (χ1) is 10.2. The van der Waals surface area contributed by atoms with Gasteiger partial charge in [0.05, 0.1) is 22.9 Å². The molecule has 0 bridgehead atoms. The molecule has 1 aliphatic rings. The van der Waals surface area contributed by atoms with Gasteiger partial charge in [-0.05, 0) is 32.4 Å². The summed E-state index contributed by atoms with van der Waals surface area (Å²) in [6, 6.07) is 4.27. The molecule has 1 aliphatic heterocycles. The maximum atomic E-state index is 5.88. The van der Waals surface area contributed by atoms with Crippen LogP contribution in [0.1, 0.15) is 25.8 Å².